The van der Waals surface area contributed by atoms with Crippen LogP contribution in [0, 0.1) is 5.41 Å². The summed E-state index contributed by atoms with van der Waals surface area (Å²) in [5, 5.41) is 3.35. The Morgan fingerprint density at radius 2 is 2.20 bits per heavy atom. The fourth-order valence-corrected chi connectivity index (χ4v) is 2.24. The number of hydrogen-bond donors (Lipinski definition) is 1. The number of nitrogens with one attached hydrogen (secondary N) is 1. The topological polar surface area (TPSA) is 24.5 Å². The van der Waals surface area contributed by atoms with Gasteiger partial charge in [-0.1, -0.05) is 13.8 Å². The van der Waals surface area contributed by atoms with Gasteiger partial charge < -0.3 is 15.0 Å². The molecule has 0 aromatic heterocycles. The molecule has 0 aliphatic carbocycles. The molecular weight excluding hydrogens is 188 g/mol. The van der Waals surface area contributed by atoms with Crippen LogP contribution >= 0.6 is 0 Å². The van der Waals surface area contributed by atoms with Gasteiger partial charge >= 0.3 is 0 Å². The summed E-state index contributed by atoms with van der Waals surface area (Å²) in [6, 6.07) is 0.541. The standard InChI is InChI=1S/C12H26N2O/c1-10(13-4)12(2,3)9-14-7-6-11(8-14)15-5/h10-11,13H,6-9H2,1-5H3. The van der Waals surface area contributed by atoms with Gasteiger partial charge in [-0.05, 0) is 25.8 Å². The van der Waals surface area contributed by atoms with E-state index in [1.54, 1.807) is 0 Å². The van der Waals surface area contributed by atoms with E-state index in [-0.39, 0.29) is 0 Å². The van der Waals surface area contributed by atoms with Crippen LogP contribution in [0.25, 0.3) is 0 Å². The number of likely N-dealkylation sites (tertiary alicyclic amines) is 1. The van der Waals surface area contributed by atoms with E-state index in [9.17, 15) is 0 Å². The van der Waals surface area contributed by atoms with E-state index in [2.05, 4.69) is 31.0 Å². The predicted octanol–water partition coefficient (Wildman–Crippen LogP) is 1.34. The maximum absolute atomic E-state index is 5.39. The van der Waals surface area contributed by atoms with Crippen molar-refractivity contribution < 1.29 is 4.74 Å². The fraction of sp³-hybridized carbons (Fsp3) is 1.00. The van der Waals surface area contributed by atoms with Crippen LogP contribution in [0.5, 0.6) is 0 Å². The Morgan fingerprint density at radius 1 is 1.53 bits per heavy atom. The van der Waals surface area contributed by atoms with E-state index in [1.165, 1.54) is 13.0 Å². The quantitative estimate of drug-likeness (QED) is 0.747. The van der Waals surface area contributed by atoms with Crippen LogP contribution in [0.4, 0.5) is 0 Å². The summed E-state index contributed by atoms with van der Waals surface area (Å²) in [6.07, 6.45) is 1.63. The second-order valence-electron chi connectivity index (χ2n) is 5.38. The molecule has 3 nitrogen and oxygen atoms in total. The van der Waals surface area contributed by atoms with Crippen molar-refractivity contribution in [3.63, 3.8) is 0 Å². The van der Waals surface area contributed by atoms with Gasteiger partial charge in [-0.3, -0.25) is 0 Å². The molecule has 3 heteroatoms. The van der Waals surface area contributed by atoms with Crippen LogP contribution in [-0.4, -0.2) is 50.8 Å². The number of nitrogens with zero attached hydrogens (tertiary/aromatic N) is 1. The summed E-state index contributed by atoms with van der Waals surface area (Å²) >= 11 is 0. The summed E-state index contributed by atoms with van der Waals surface area (Å²) in [5.41, 5.74) is 0.317. The summed E-state index contributed by atoms with van der Waals surface area (Å²) in [5.74, 6) is 0. The average molecular weight is 214 g/mol. The van der Waals surface area contributed by atoms with Gasteiger partial charge in [0.1, 0.15) is 0 Å². The van der Waals surface area contributed by atoms with Gasteiger partial charge in [-0.15, -0.1) is 0 Å². The lowest BCUT2D eigenvalue weighted by Crippen LogP contribution is -2.45. The number of rotatable bonds is 5. The fourth-order valence-electron chi connectivity index (χ4n) is 2.24. The smallest absolute Gasteiger partial charge is 0.0710 e. The lowest BCUT2D eigenvalue weighted by molar-refractivity contribution is 0.0967. The first-order valence-electron chi connectivity index (χ1n) is 5.92. The molecule has 0 saturated carbocycles. The van der Waals surface area contributed by atoms with E-state index < -0.39 is 0 Å². The van der Waals surface area contributed by atoms with Gasteiger partial charge in [0.25, 0.3) is 0 Å². The molecule has 1 N–H and O–H groups in total. The third-order valence-electron chi connectivity index (χ3n) is 3.80. The van der Waals surface area contributed by atoms with Crippen molar-refractivity contribution >= 4 is 0 Å². The molecule has 1 rings (SSSR count). The molecule has 0 radical (unpaired) electrons. The molecule has 1 fully saturated rings. The molecule has 1 saturated heterocycles. The minimum atomic E-state index is 0.317. The molecule has 0 aromatic rings. The molecule has 90 valence electrons. The van der Waals surface area contributed by atoms with Crippen molar-refractivity contribution in [1.82, 2.24) is 10.2 Å². The highest BCUT2D eigenvalue weighted by Gasteiger charge is 2.31. The highest BCUT2D eigenvalue weighted by Crippen LogP contribution is 2.24. The van der Waals surface area contributed by atoms with Gasteiger partial charge in [-0.25, -0.2) is 0 Å². The SMILES string of the molecule is CNC(C)C(C)(C)CN1CCC(OC)C1. The lowest BCUT2D eigenvalue weighted by atomic mass is 9.85. The van der Waals surface area contributed by atoms with Crippen molar-refractivity contribution in [2.75, 3.05) is 33.8 Å². The largest absolute Gasteiger partial charge is 0.380 e. The predicted molar refractivity (Wildman–Crippen MR) is 64.2 cm³/mol. The van der Waals surface area contributed by atoms with Crippen LogP contribution in [0.15, 0.2) is 0 Å². The van der Waals surface area contributed by atoms with E-state index >= 15 is 0 Å². The molecule has 1 aliphatic heterocycles. The van der Waals surface area contributed by atoms with E-state index in [4.69, 9.17) is 4.74 Å². The molecule has 2 atom stereocenters. The summed E-state index contributed by atoms with van der Waals surface area (Å²) in [7, 11) is 3.85. The monoisotopic (exact) mass is 214 g/mol. The molecule has 1 heterocycles. The highest BCUT2D eigenvalue weighted by atomic mass is 16.5. The summed E-state index contributed by atoms with van der Waals surface area (Å²) < 4.78 is 5.39. The molecule has 0 bridgehead atoms. The first-order chi connectivity index (χ1) is 6.99. The third-order valence-corrected chi connectivity index (χ3v) is 3.80. The molecule has 1 aliphatic rings. The Balaban J connectivity index is 2.41. The van der Waals surface area contributed by atoms with Crippen molar-refractivity contribution in [1.29, 1.82) is 0 Å². The Hall–Kier alpha value is -0.120. The van der Waals surface area contributed by atoms with Gasteiger partial charge in [0.05, 0.1) is 6.10 Å². The Bertz CT molecular complexity index is 194. The third kappa shape index (κ3) is 3.44. The Labute approximate surface area is 94.2 Å². The first kappa shape index (κ1) is 12.9. The second kappa shape index (κ2) is 5.28. The summed E-state index contributed by atoms with van der Waals surface area (Å²) in [6.45, 7) is 10.3. The van der Waals surface area contributed by atoms with Crippen molar-refractivity contribution in [2.45, 2.75) is 39.3 Å². The zero-order valence-corrected chi connectivity index (χ0v) is 10.8. The molecule has 2 unspecified atom stereocenters. The van der Waals surface area contributed by atoms with Crippen LogP contribution in [0.2, 0.25) is 0 Å². The van der Waals surface area contributed by atoms with Crippen LogP contribution in [-0.2, 0) is 4.74 Å². The van der Waals surface area contributed by atoms with Crippen molar-refractivity contribution in [3.05, 3.63) is 0 Å². The normalized spacial score (nSPS) is 25.8. The van der Waals surface area contributed by atoms with Crippen molar-refractivity contribution in [3.8, 4) is 0 Å². The zero-order valence-electron chi connectivity index (χ0n) is 10.8. The molecule has 0 amide bonds. The second-order valence-corrected chi connectivity index (χ2v) is 5.38. The van der Waals surface area contributed by atoms with E-state index in [0.29, 0.717) is 17.6 Å². The Morgan fingerprint density at radius 3 is 2.67 bits per heavy atom. The van der Waals surface area contributed by atoms with Gasteiger partial charge in [0.2, 0.25) is 0 Å². The number of hydrogen-bond acceptors (Lipinski definition) is 3. The maximum atomic E-state index is 5.39. The van der Waals surface area contributed by atoms with Gasteiger partial charge in [0.15, 0.2) is 0 Å². The van der Waals surface area contributed by atoms with Crippen LogP contribution < -0.4 is 5.32 Å². The Kier molecular flexibility index (Phi) is 4.56. The zero-order chi connectivity index (χ0) is 11.5. The van der Waals surface area contributed by atoms with Crippen LogP contribution in [0.1, 0.15) is 27.2 Å². The molecular formula is C12H26N2O. The molecule has 15 heavy (non-hydrogen) atoms. The minimum Gasteiger partial charge on any atom is -0.380 e. The van der Waals surface area contributed by atoms with Gasteiger partial charge in [-0.2, -0.15) is 0 Å². The number of methoxy groups -OCH3 is 1. The lowest BCUT2D eigenvalue weighted by Gasteiger charge is -2.35. The average Bonchev–Trinajstić information content (AvgIpc) is 2.63. The first-order valence-corrected chi connectivity index (χ1v) is 5.92. The number of ether oxygens (including phenoxy) is 1. The molecule has 0 aromatic carbocycles. The van der Waals surface area contributed by atoms with Crippen LogP contribution in [0.3, 0.4) is 0 Å². The molecule has 0 spiro atoms. The minimum absolute atomic E-state index is 0.317. The highest BCUT2D eigenvalue weighted by molar-refractivity contribution is 4.86. The van der Waals surface area contributed by atoms with E-state index in [1.807, 2.05) is 14.2 Å². The van der Waals surface area contributed by atoms with Gasteiger partial charge in [0, 0.05) is 32.8 Å². The maximum Gasteiger partial charge on any atom is 0.0710 e. The summed E-state index contributed by atoms with van der Waals surface area (Å²) in [4.78, 5) is 2.52. The van der Waals surface area contributed by atoms with E-state index in [0.717, 1.165) is 13.1 Å². The van der Waals surface area contributed by atoms with Crippen molar-refractivity contribution in [2.24, 2.45) is 5.41 Å².